The second kappa shape index (κ2) is 15.2. The van der Waals surface area contributed by atoms with Gasteiger partial charge in [0.15, 0.2) is 6.73 Å². The van der Waals surface area contributed by atoms with Crippen molar-refractivity contribution in [3.8, 4) is 0 Å². The molecule has 270 valence electrons. The summed E-state index contributed by atoms with van der Waals surface area (Å²) in [6, 6.07) is 13.3. The molecule has 1 unspecified atom stereocenters. The molecule has 13 nitrogen and oxygen atoms in total. The van der Waals surface area contributed by atoms with Gasteiger partial charge in [-0.15, -0.1) is 0 Å². The first-order valence-corrected chi connectivity index (χ1v) is 18.2. The number of carbonyl (C=O) groups is 3. The van der Waals surface area contributed by atoms with Gasteiger partial charge < -0.3 is 29.7 Å². The molecule has 0 aliphatic carbocycles. The number of piperazine rings is 1. The average molecular weight is 697 g/mol. The van der Waals surface area contributed by atoms with Crippen LogP contribution in [0.1, 0.15) is 48.3 Å². The van der Waals surface area contributed by atoms with Crippen LogP contribution in [-0.4, -0.2) is 124 Å². The second-order valence-corrected chi connectivity index (χ2v) is 14.4. The van der Waals surface area contributed by atoms with Crippen molar-refractivity contribution in [3.05, 3.63) is 75.7 Å². The maximum atomic E-state index is 14.3. The number of fused-ring (bicyclic) bond motifs is 2. The van der Waals surface area contributed by atoms with Crippen LogP contribution in [0.25, 0.3) is 21.8 Å². The van der Waals surface area contributed by atoms with Gasteiger partial charge in [0.1, 0.15) is 6.04 Å². The number of amides is 3. The van der Waals surface area contributed by atoms with Crippen molar-refractivity contribution >= 4 is 40.2 Å². The highest BCUT2D eigenvalue weighted by Crippen LogP contribution is 2.28. The van der Waals surface area contributed by atoms with Crippen LogP contribution in [0.3, 0.4) is 0 Å². The number of para-hydroxylation sites is 1. The van der Waals surface area contributed by atoms with E-state index in [0.717, 1.165) is 77.5 Å². The zero-order chi connectivity index (χ0) is 35.5. The number of urea groups is 1. The van der Waals surface area contributed by atoms with E-state index in [0.29, 0.717) is 58.0 Å². The largest absolute Gasteiger partial charge is 0.445 e. The average Bonchev–Trinajstić information content (AvgIpc) is 3.57. The Labute approximate surface area is 297 Å². The number of rotatable bonds is 9. The summed E-state index contributed by atoms with van der Waals surface area (Å²) in [5.74, 6) is -0.0231. The summed E-state index contributed by atoms with van der Waals surface area (Å²) in [7, 11) is 2.17. The number of pyridine rings is 1. The molecule has 2 aromatic carbocycles. The predicted molar refractivity (Wildman–Crippen MR) is 194 cm³/mol. The number of benzene rings is 2. The van der Waals surface area contributed by atoms with Crippen molar-refractivity contribution in [3.63, 3.8) is 0 Å². The van der Waals surface area contributed by atoms with Crippen LogP contribution in [0.15, 0.2) is 53.5 Å². The quantitative estimate of drug-likeness (QED) is 0.255. The molecule has 1 atom stereocenters. The zero-order valence-electron chi connectivity index (χ0n) is 29.6. The molecule has 0 saturated carbocycles. The van der Waals surface area contributed by atoms with Gasteiger partial charge in [0, 0.05) is 74.4 Å². The number of aromatic amines is 1. The number of likely N-dealkylation sites (tertiary alicyclic amines) is 2. The van der Waals surface area contributed by atoms with E-state index in [2.05, 4.69) is 32.2 Å². The minimum Gasteiger partial charge on any atom is -0.445 e. The van der Waals surface area contributed by atoms with Crippen molar-refractivity contribution in [2.45, 2.75) is 63.8 Å². The number of hydrogen-bond donors (Lipinski definition) is 2. The Hall–Kier alpha value is -4.75. The first-order chi connectivity index (χ1) is 24.7. The van der Waals surface area contributed by atoms with Gasteiger partial charge in [0.2, 0.25) is 5.91 Å². The van der Waals surface area contributed by atoms with Crippen molar-refractivity contribution in [2.24, 2.45) is 0 Å². The Balaban J connectivity index is 1.05. The Morgan fingerprint density at radius 2 is 1.71 bits per heavy atom. The topological polar surface area (TPSA) is 136 Å². The summed E-state index contributed by atoms with van der Waals surface area (Å²) in [6.45, 7) is 8.47. The van der Waals surface area contributed by atoms with E-state index in [1.807, 2.05) is 60.5 Å². The molecule has 0 spiro atoms. The molecule has 0 bridgehead atoms. The van der Waals surface area contributed by atoms with Crippen LogP contribution in [0.5, 0.6) is 0 Å². The van der Waals surface area contributed by atoms with Gasteiger partial charge >= 0.3 is 6.03 Å². The number of aryl methyl sites for hydroxylation is 1. The second-order valence-electron chi connectivity index (χ2n) is 14.4. The van der Waals surface area contributed by atoms with Crippen LogP contribution in [0.2, 0.25) is 0 Å². The third-order valence-electron chi connectivity index (χ3n) is 11.1. The highest BCUT2D eigenvalue weighted by Gasteiger charge is 2.34. The predicted octanol–water partition coefficient (Wildman–Crippen LogP) is 3.06. The molecule has 2 N–H and O–H groups in total. The summed E-state index contributed by atoms with van der Waals surface area (Å²) in [6.07, 6.45) is 5.77. The zero-order valence-corrected chi connectivity index (χ0v) is 29.6. The highest BCUT2D eigenvalue weighted by molar-refractivity contribution is 5.88. The number of carbonyl (C=O) groups excluding carboxylic acids is 3. The number of ether oxygens (including phenoxy) is 1. The summed E-state index contributed by atoms with van der Waals surface area (Å²) in [5, 5.41) is 9.54. The Bertz CT molecular complexity index is 1930. The van der Waals surface area contributed by atoms with Crippen molar-refractivity contribution in [1.29, 1.82) is 0 Å². The third-order valence-corrected chi connectivity index (χ3v) is 11.1. The van der Waals surface area contributed by atoms with Gasteiger partial charge in [-0.1, -0.05) is 24.3 Å². The normalized spacial score (nSPS) is 19.0. The molecule has 13 heteroatoms. The van der Waals surface area contributed by atoms with Gasteiger partial charge in [-0.05, 0) is 93.4 Å². The van der Waals surface area contributed by atoms with Crippen LogP contribution < -0.4 is 10.9 Å². The highest BCUT2D eigenvalue weighted by atomic mass is 16.5. The van der Waals surface area contributed by atoms with Gasteiger partial charge in [0.25, 0.3) is 12.0 Å². The fourth-order valence-corrected chi connectivity index (χ4v) is 8.15. The Morgan fingerprint density at radius 3 is 2.45 bits per heavy atom. The van der Waals surface area contributed by atoms with E-state index in [9.17, 15) is 19.2 Å². The summed E-state index contributed by atoms with van der Waals surface area (Å²) < 4.78 is 6.45. The lowest BCUT2D eigenvalue weighted by Crippen LogP contribution is -2.59. The van der Waals surface area contributed by atoms with Crippen molar-refractivity contribution in [2.75, 3.05) is 59.4 Å². The minimum absolute atomic E-state index is 0.0135. The number of nitrogens with one attached hydrogen (secondary N) is 2. The molecule has 3 fully saturated rings. The fraction of sp³-hybridized carbons (Fsp3) is 0.500. The van der Waals surface area contributed by atoms with Crippen molar-refractivity contribution in [1.82, 2.24) is 39.7 Å². The first-order valence-electron chi connectivity index (χ1n) is 18.2. The lowest BCUT2D eigenvalue weighted by atomic mass is 9.89. The summed E-state index contributed by atoms with van der Waals surface area (Å²) in [5.41, 5.74) is 4.13. The van der Waals surface area contributed by atoms with Gasteiger partial charge in [-0.2, -0.15) is 5.10 Å². The summed E-state index contributed by atoms with van der Waals surface area (Å²) in [4.78, 5) is 63.4. The first kappa shape index (κ1) is 34.7. The maximum Gasteiger partial charge on any atom is 0.318 e. The lowest BCUT2D eigenvalue weighted by Gasteiger charge is -2.43. The SMILES string of the molecule is Cc1cc(CC(NC(=O)N2CCC(c3cc4ccccc4[nH]c3=O)CC2)C(=O)N2CCN(C3CCN(C)CC3)CC2)cc2cn(COC=O)nc12. The standard InChI is InChI=1S/C38H48N8O5/c1-26-19-27(20-30-23-46(24-51-25-47)41-35(26)30)21-34(37(49)44-17-15-43(16-18-44)31-9-11-42(2)12-10-31)40-38(50)45-13-7-28(8-14-45)32-22-29-5-3-4-6-33(29)39-36(32)48/h3-6,19-20,22-23,25,28,31,34H,7-18,21,24H2,1-2H3,(H,39,48)(H,40,50). The maximum absolute atomic E-state index is 14.3. The Kier molecular flexibility index (Phi) is 10.4. The molecule has 3 aliphatic heterocycles. The molecule has 0 radical (unpaired) electrons. The third kappa shape index (κ3) is 7.79. The van der Waals surface area contributed by atoms with E-state index in [1.54, 1.807) is 9.58 Å². The molecule has 4 aromatic rings. The van der Waals surface area contributed by atoms with Crippen LogP contribution in [0.4, 0.5) is 4.79 Å². The number of H-pyrrole nitrogens is 1. The molecule has 5 heterocycles. The molecule has 3 aliphatic rings. The fourth-order valence-electron chi connectivity index (χ4n) is 8.15. The molecule has 3 amide bonds. The van der Waals surface area contributed by atoms with E-state index >= 15 is 0 Å². The van der Waals surface area contributed by atoms with Gasteiger partial charge in [-0.3, -0.25) is 19.3 Å². The number of aromatic nitrogens is 3. The van der Waals surface area contributed by atoms with E-state index in [1.165, 1.54) is 0 Å². The van der Waals surface area contributed by atoms with E-state index < -0.39 is 6.04 Å². The number of piperidine rings is 2. The van der Waals surface area contributed by atoms with Crippen LogP contribution in [0, 0.1) is 6.92 Å². The van der Waals surface area contributed by atoms with Crippen LogP contribution in [-0.2, 0) is 27.5 Å². The minimum atomic E-state index is -0.751. The Morgan fingerprint density at radius 1 is 0.961 bits per heavy atom. The molecule has 51 heavy (non-hydrogen) atoms. The monoisotopic (exact) mass is 696 g/mol. The smallest absolute Gasteiger partial charge is 0.318 e. The number of nitrogens with zero attached hydrogens (tertiary/aromatic N) is 6. The van der Waals surface area contributed by atoms with Gasteiger partial charge in [0.05, 0.1) is 5.52 Å². The lowest BCUT2D eigenvalue weighted by molar-refractivity contribution is -0.135. The van der Waals surface area contributed by atoms with E-state index in [-0.39, 0.29) is 30.1 Å². The molecule has 2 aromatic heterocycles. The summed E-state index contributed by atoms with van der Waals surface area (Å²) >= 11 is 0. The van der Waals surface area contributed by atoms with E-state index in [4.69, 9.17) is 4.74 Å². The van der Waals surface area contributed by atoms with Crippen molar-refractivity contribution < 1.29 is 19.1 Å². The van der Waals surface area contributed by atoms with Crippen LogP contribution >= 0.6 is 0 Å². The molecular weight excluding hydrogens is 648 g/mol. The number of hydrogen-bond acceptors (Lipinski definition) is 8. The molecule has 3 saturated heterocycles. The van der Waals surface area contributed by atoms with Gasteiger partial charge in [-0.25, -0.2) is 9.48 Å². The molecule has 7 rings (SSSR count). The molecular formula is C38H48N8O5.